The van der Waals surface area contributed by atoms with Gasteiger partial charge in [-0.2, -0.15) is 10.3 Å². The molecule has 3 N–H and O–H groups in total. The number of nitrogens with one attached hydrogen (secondary N) is 1. The summed E-state index contributed by atoms with van der Waals surface area (Å²) in [6.07, 6.45) is 0. The number of nitrogens with zero attached hydrogens (tertiary/aromatic N) is 3. The van der Waals surface area contributed by atoms with Crippen LogP contribution in [0.3, 0.4) is 0 Å². The van der Waals surface area contributed by atoms with E-state index in [-0.39, 0.29) is 12.4 Å². The summed E-state index contributed by atoms with van der Waals surface area (Å²) in [4.78, 5) is 4.04. The first-order valence-electron chi connectivity index (χ1n) is 6.20. The van der Waals surface area contributed by atoms with Crippen LogP contribution >= 0.6 is 23.2 Å². The van der Waals surface area contributed by atoms with E-state index in [2.05, 4.69) is 20.4 Å². The molecule has 3 aromatic rings. The molecule has 3 rings (SSSR count). The molecule has 9 heteroatoms. The van der Waals surface area contributed by atoms with Gasteiger partial charge in [-0.15, -0.1) is 5.10 Å². The van der Waals surface area contributed by atoms with E-state index in [9.17, 15) is 0 Å². The number of halogens is 2. The Kier molecular flexibility index (Phi) is 3.91. The Morgan fingerprint density at radius 3 is 2.68 bits per heavy atom. The van der Waals surface area contributed by atoms with Crippen molar-refractivity contribution in [1.29, 1.82) is 0 Å². The number of ether oxygens (including phenoxy) is 2. The van der Waals surface area contributed by atoms with Gasteiger partial charge in [0.25, 0.3) is 0 Å². The van der Waals surface area contributed by atoms with E-state index >= 15 is 0 Å². The molecule has 0 aliphatic heterocycles. The molecule has 2 aromatic heterocycles. The van der Waals surface area contributed by atoms with Crippen LogP contribution in [0, 0.1) is 0 Å². The van der Waals surface area contributed by atoms with Crippen LogP contribution in [0.5, 0.6) is 11.5 Å². The van der Waals surface area contributed by atoms with Gasteiger partial charge in [0.2, 0.25) is 5.65 Å². The number of pyridine rings is 1. The lowest BCUT2D eigenvalue weighted by Gasteiger charge is -2.12. The van der Waals surface area contributed by atoms with E-state index in [4.69, 9.17) is 38.4 Å². The first kappa shape index (κ1) is 14.7. The lowest BCUT2D eigenvalue weighted by Crippen LogP contribution is -2.01. The molecular formula is C13H11Cl2N5O2. The number of aromatic amines is 1. The van der Waals surface area contributed by atoms with E-state index in [1.807, 2.05) is 0 Å². The molecule has 0 spiro atoms. The number of hydrogen-bond donors (Lipinski definition) is 2. The van der Waals surface area contributed by atoms with Crippen LogP contribution < -0.4 is 15.2 Å². The molecule has 0 unspecified atom stereocenters. The lowest BCUT2D eigenvalue weighted by molar-refractivity contribution is 0.299. The van der Waals surface area contributed by atoms with Crippen molar-refractivity contribution in [2.75, 3.05) is 12.8 Å². The van der Waals surface area contributed by atoms with Gasteiger partial charge < -0.3 is 15.2 Å². The first-order valence-corrected chi connectivity index (χ1v) is 6.95. The zero-order chi connectivity index (χ0) is 15.7. The summed E-state index contributed by atoms with van der Waals surface area (Å²) in [6, 6.07) is 4.90. The Morgan fingerprint density at radius 1 is 1.14 bits per heavy atom. The molecule has 0 radical (unpaired) electrons. The summed E-state index contributed by atoms with van der Waals surface area (Å²) in [5.41, 5.74) is 7.34. The normalized spacial score (nSPS) is 10.9. The Hall–Kier alpha value is -2.25. The number of methoxy groups -OCH3 is 1. The highest BCUT2D eigenvalue weighted by Crippen LogP contribution is 2.32. The van der Waals surface area contributed by atoms with E-state index < -0.39 is 0 Å². The number of anilines is 1. The summed E-state index contributed by atoms with van der Waals surface area (Å²) in [5, 5.41) is 11.2. The van der Waals surface area contributed by atoms with Gasteiger partial charge in [0.05, 0.1) is 17.2 Å². The molecule has 22 heavy (non-hydrogen) atoms. The van der Waals surface area contributed by atoms with Crippen LogP contribution in [-0.4, -0.2) is 27.5 Å². The smallest absolute Gasteiger partial charge is 0.207 e. The molecule has 0 aliphatic rings. The van der Waals surface area contributed by atoms with Crippen LogP contribution in [0.2, 0.25) is 10.0 Å². The quantitative estimate of drug-likeness (QED) is 0.758. The summed E-state index contributed by atoms with van der Waals surface area (Å²) in [7, 11) is 1.54. The minimum absolute atomic E-state index is 0.200. The van der Waals surface area contributed by atoms with Gasteiger partial charge in [-0.25, -0.2) is 4.98 Å². The van der Waals surface area contributed by atoms with Crippen LogP contribution in [0.25, 0.3) is 11.2 Å². The highest BCUT2D eigenvalue weighted by atomic mass is 35.5. The number of H-pyrrole nitrogens is 1. The molecule has 7 nitrogen and oxygen atoms in total. The molecular weight excluding hydrogens is 329 g/mol. The van der Waals surface area contributed by atoms with Crippen LogP contribution in [0.1, 0.15) is 5.56 Å². The number of nitrogens with two attached hydrogens (primary N) is 1. The molecule has 0 amide bonds. The second-order valence-electron chi connectivity index (χ2n) is 4.41. The third-order valence-electron chi connectivity index (χ3n) is 2.98. The number of fused-ring (bicyclic) bond motifs is 1. The number of aromatic nitrogens is 4. The Morgan fingerprint density at radius 2 is 1.91 bits per heavy atom. The van der Waals surface area contributed by atoms with Gasteiger partial charge in [0.1, 0.15) is 18.2 Å². The van der Waals surface area contributed by atoms with E-state index in [0.29, 0.717) is 32.7 Å². The van der Waals surface area contributed by atoms with Crippen molar-refractivity contribution in [3.05, 3.63) is 33.8 Å². The highest BCUT2D eigenvalue weighted by Gasteiger charge is 2.13. The fourth-order valence-electron chi connectivity index (χ4n) is 1.96. The fourth-order valence-corrected chi connectivity index (χ4v) is 2.30. The number of nitrogen functional groups attached to an aromatic ring is 1. The minimum atomic E-state index is 0.200. The zero-order valence-electron chi connectivity index (χ0n) is 11.4. The van der Waals surface area contributed by atoms with E-state index in [0.717, 1.165) is 5.56 Å². The first-order chi connectivity index (χ1) is 10.6. The van der Waals surface area contributed by atoms with Gasteiger partial charge >= 0.3 is 0 Å². The molecule has 0 saturated carbocycles. The Bertz CT molecular complexity index is 837. The maximum absolute atomic E-state index is 6.03. The standard InChI is InChI=1S/C13H11Cl2N5O2/c1-21-9-3-8(15)7(14)2-6(9)5-22-10-4-11(16)17-13-12(10)18-20-19-13/h2-4H,5H2,1H3,(H3,16,17,18,19,20). The fraction of sp³-hybridized carbons (Fsp3) is 0.154. The zero-order valence-corrected chi connectivity index (χ0v) is 12.9. The van der Waals surface area contributed by atoms with Crippen molar-refractivity contribution in [3.63, 3.8) is 0 Å². The van der Waals surface area contributed by atoms with Crippen molar-refractivity contribution in [1.82, 2.24) is 20.4 Å². The maximum Gasteiger partial charge on any atom is 0.207 e. The largest absolute Gasteiger partial charge is 0.496 e. The third-order valence-corrected chi connectivity index (χ3v) is 3.71. The maximum atomic E-state index is 6.03. The molecule has 0 bridgehead atoms. The van der Waals surface area contributed by atoms with Crippen LogP contribution in [0.4, 0.5) is 5.82 Å². The topological polar surface area (TPSA) is 98.9 Å². The van der Waals surface area contributed by atoms with Crippen molar-refractivity contribution in [2.24, 2.45) is 0 Å². The third kappa shape index (κ3) is 2.72. The summed E-state index contributed by atoms with van der Waals surface area (Å²) < 4.78 is 11.0. The monoisotopic (exact) mass is 339 g/mol. The Labute approximate surface area is 135 Å². The van der Waals surface area contributed by atoms with Gasteiger partial charge in [0, 0.05) is 17.7 Å². The van der Waals surface area contributed by atoms with Crippen molar-refractivity contribution >= 4 is 40.2 Å². The lowest BCUT2D eigenvalue weighted by atomic mass is 10.2. The molecule has 2 heterocycles. The predicted octanol–water partition coefficient (Wildman–Crippen LogP) is 2.83. The average molecular weight is 340 g/mol. The molecule has 0 fully saturated rings. The molecule has 0 aliphatic carbocycles. The summed E-state index contributed by atoms with van der Waals surface area (Å²) in [5.74, 6) is 1.33. The van der Waals surface area contributed by atoms with Crippen molar-refractivity contribution in [2.45, 2.75) is 6.61 Å². The minimum Gasteiger partial charge on any atom is -0.496 e. The SMILES string of the molecule is COc1cc(Cl)c(Cl)cc1COc1cc(N)nc2n[nH]nc12. The van der Waals surface area contributed by atoms with E-state index in [1.165, 1.54) is 0 Å². The molecule has 0 saturated heterocycles. The summed E-state index contributed by atoms with van der Waals surface area (Å²) in [6.45, 7) is 0.200. The number of benzene rings is 1. The van der Waals surface area contributed by atoms with Crippen LogP contribution in [-0.2, 0) is 6.61 Å². The van der Waals surface area contributed by atoms with Gasteiger partial charge in [-0.3, -0.25) is 0 Å². The highest BCUT2D eigenvalue weighted by molar-refractivity contribution is 6.42. The van der Waals surface area contributed by atoms with Gasteiger partial charge in [0.15, 0.2) is 11.3 Å². The molecule has 0 atom stereocenters. The van der Waals surface area contributed by atoms with Gasteiger partial charge in [-0.1, -0.05) is 23.2 Å². The molecule has 1 aromatic carbocycles. The van der Waals surface area contributed by atoms with E-state index in [1.54, 1.807) is 25.3 Å². The van der Waals surface area contributed by atoms with Crippen LogP contribution in [0.15, 0.2) is 18.2 Å². The Balaban J connectivity index is 1.91. The molecule has 114 valence electrons. The number of hydrogen-bond acceptors (Lipinski definition) is 6. The summed E-state index contributed by atoms with van der Waals surface area (Å²) >= 11 is 12.0. The second kappa shape index (κ2) is 5.86. The predicted molar refractivity (Wildman–Crippen MR) is 83.4 cm³/mol. The second-order valence-corrected chi connectivity index (χ2v) is 5.22. The average Bonchev–Trinajstić information content (AvgIpc) is 2.95. The number of rotatable bonds is 4. The van der Waals surface area contributed by atoms with Crippen molar-refractivity contribution < 1.29 is 9.47 Å². The van der Waals surface area contributed by atoms with Crippen molar-refractivity contribution in [3.8, 4) is 11.5 Å². The van der Waals surface area contributed by atoms with Gasteiger partial charge in [-0.05, 0) is 6.07 Å².